The fourth-order valence-corrected chi connectivity index (χ4v) is 1.66. The van der Waals surface area contributed by atoms with E-state index < -0.39 is 5.54 Å². The van der Waals surface area contributed by atoms with E-state index in [0.717, 1.165) is 6.42 Å². The van der Waals surface area contributed by atoms with Crippen molar-refractivity contribution in [2.75, 3.05) is 19.8 Å². The molecule has 1 rings (SSSR count). The van der Waals surface area contributed by atoms with Crippen LogP contribution in [0.3, 0.4) is 0 Å². The van der Waals surface area contributed by atoms with Crippen LogP contribution in [0.1, 0.15) is 27.2 Å². The van der Waals surface area contributed by atoms with Gasteiger partial charge in [0.1, 0.15) is 23.7 Å². The van der Waals surface area contributed by atoms with Gasteiger partial charge in [0.15, 0.2) is 0 Å². The van der Waals surface area contributed by atoms with Crippen LogP contribution in [-0.4, -0.2) is 31.3 Å². The summed E-state index contributed by atoms with van der Waals surface area (Å²) in [5.74, 6) is -0.356. The van der Waals surface area contributed by atoms with Gasteiger partial charge in [0.25, 0.3) is 0 Å². The minimum absolute atomic E-state index is 0.0787. The Hall–Kier alpha value is -1.62. The van der Waals surface area contributed by atoms with Crippen molar-refractivity contribution in [3.8, 4) is 5.75 Å². The highest BCUT2D eigenvalue weighted by Crippen LogP contribution is 2.15. The van der Waals surface area contributed by atoms with Crippen LogP contribution in [0.2, 0.25) is 0 Å². The van der Waals surface area contributed by atoms with E-state index in [-0.39, 0.29) is 18.4 Å². The van der Waals surface area contributed by atoms with Gasteiger partial charge in [0.2, 0.25) is 0 Å². The summed E-state index contributed by atoms with van der Waals surface area (Å²) in [6.07, 6.45) is 0.884. The van der Waals surface area contributed by atoms with Crippen LogP contribution in [0.15, 0.2) is 24.3 Å². The maximum absolute atomic E-state index is 13.1. The molecule has 112 valence electrons. The van der Waals surface area contributed by atoms with E-state index >= 15 is 0 Å². The van der Waals surface area contributed by atoms with Crippen LogP contribution in [0.4, 0.5) is 4.39 Å². The molecule has 0 bridgehead atoms. The highest BCUT2D eigenvalue weighted by molar-refractivity contribution is 5.80. The highest BCUT2D eigenvalue weighted by Gasteiger charge is 2.35. The van der Waals surface area contributed by atoms with Crippen LogP contribution in [0.25, 0.3) is 0 Å². The molecule has 0 aliphatic carbocycles. The molecule has 5 heteroatoms. The topological polar surface area (TPSA) is 47.6 Å². The summed E-state index contributed by atoms with van der Waals surface area (Å²) in [4.78, 5) is 12.0. The first-order chi connectivity index (χ1) is 9.51. The number of hydrogen-bond donors (Lipinski definition) is 1. The second kappa shape index (κ2) is 7.85. The number of esters is 1. The third-order valence-corrected chi connectivity index (χ3v) is 2.81. The zero-order chi connectivity index (χ0) is 15.0. The molecule has 20 heavy (non-hydrogen) atoms. The van der Waals surface area contributed by atoms with Gasteiger partial charge in [-0.3, -0.25) is 5.32 Å². The van der Waals surface area contributed by atoms with E-state index in [1.54, 1.807) is 26.0 Å². The molecule has 0 heterocycles. The van der Waals surface area contributed by atoms with Gasteiger partial charge in [-0.05, 0) is 38.9 Å². The van der Waals surface area contributed by atoms with Gasteiger partial charge in [-0.2, -0.15) is 0 Å². The van der Waals surface area contributed by atoms with Crippen molar-refractivity contribution in [3.63, 3.8) is 0 Å². The summed E-state index contributed by atoms with van der Waals surface area (Å²) in [6.45, 7) is 6.54. The van der Waals surface area contributed by atoms with E-state index in [9.17, 15) is 9.18 Å². The highest BCUT2D eigenvalue weighted by atomic mass is 19.1. The van der Waals surface area contributed by atoms with Gasteiger partial charge in [-0.1, -0.05) is 13.0 Å². The van der Waals surface area contributed by atoms with Crippen LogP contribution >= 0.6 is 0 Å². The lowest BCUT2D eigenvalue weighted by Crippen LogP contribution is -2.55. The van der Waals surface area contributed by atoms with Crippen LogP contribution in [0.5, 0.6) is 5.75 Å². The van der Waals surface area contributed by atoms with Gasteiger partial charge in [-0.15, -0.1) is 0 Å². The predicted molar refractivity (Wildman–Crippen MR) is 75.2 cm³/mol. The Morgan fingerprint density at radius 1 is 1.40 bits per heavy atom. The van der Waals surface area contributed by atoms with Crippen molar-refractivity contribution < 1.29 is 18.7 Å². The lowest BCUT2D eigenvalue weighted by molar-refractivity contribution is -0.151. The van der Waals surface area contributed by atoms with Crippen molar-refractivity contribution in [2.45, 2.75) is 32.7 Å². The Balaban J connectivity index is 2.71. The molecule has 1 aromatic rings. The Morgan fingerprint density at radius 2 is 2.15 bits per heavy atom. The van der Waals surface area contributed by atoms with Crippen molar-refractivity contribution >= 4 is 5.97 Å². The number of carbonyl (C=O) groups excluding carboxylic acids is 1. The molecule has 0 saturated carbocycles. The monoisotopic (exact) mass is 283 g/mol. The fraction of sp³-hybridized carbons (Fsp3) is 0.533. The molecule has 4 nitrogen and oxygen atoms in total. The molecule has 0 spiro atoms. The molecule has 1 N–H and O–H groups in total. The Bertz CT molecular complexity index is 439. The minimum atomic E-state index is -0.946. The van der Waals surface area contributed by atoms with E-state index in [2.05, 4.69) is 5.32 Å². The van der Waals surface area contributed by atoms with E-state index in [1.165, 1.54) is 12.1 Å². The molecule has 0 aliphatic heterocycles. The molecule has 0 fully saturated rings. The second-order valence-electron chi connectivity index (χ2n) is 4.73. The molecular formula is C15H22FNO3. The molecule has 1 atom stereocenters. The molecule has 0 radical (unpaired) electrons. The van der Waals surface area contributed by atoms with Crippen molar-refractivity contribution in [1.82, 2.24) is 5.32 Å². The molecule has 0 amide bonds. The summed E-state index contributed by atoms with van der Waals surface area (Å²) in [5.41, 5.74) is -0.946. The smallest absolute Gasteiger partial charge is 0.329 e. The second-order valence-corrected chi connectivity index (χ2v) is 4.73. The summed E-state index contributed by atoms with van der Waals surface area (Å²) in [5, 5.41) is 3.12. The number of rotatable bonds is 8. The first-order valence-electron chi connectivity index (χ1n) is 6.82. The third kappa shape index (κ3) is 4.81. The standard InChI is InChI=1S/C15H22FNO3/c1-4-9-17-15(3,14(18)19-5-2)11-20-13-8-6-7-12(16)10-13/h6-8,10,17H,4-5,9,11H2,1-3H3. The maximum atomic E-state index is 13.1. The van der Waals surface area contributed by atoms with E-state index in [0.29, 0.717) is 18.9 Å². The van der Waals surface area contributed by atoms with E-state index in [4.69, 9.17) is 9.47 Å². The van der Waals surface area contributed by atoms with Crippen LogP contribution < -0.4 is 10.1 Å². The van der Waals surface area contributed by atoms with Gasteiger partial charge in [-0.25, -0.2) is 9.18 Å². The Kier molecular flexibility index (Phi) is 6.45. The number of carbonyl (C=O) groups is 1. The Morgan fingerprint density at radius 3 is 2.75 bits per heavy atom. The largest absolute Gasteiger partial charge is 0.491 e. The average Bonchev–Trinajstić information content (AvgIpc) is 2.43. The zero-order valence-electron chi connectivity index (χ0n) is 12.2. The molecule has 0 saturated heterocycles. The van der Waals surface area contributed by atoms with E-state index in [1.807, 2.05) is 6.92 Å². The number of nitrogens with one attached hydrogen (secondary N) is 1. The molecular weight excluding hydrogens is 261 g/mol. The summed E-state index contributed by atoms with van der Waals surface area (Å²) in [7, 11) is 0. The van der Waals surface area contributed by atoms with Gasteiger partial charge in [0.05, 0.1) is 6.61 Å². The summed E-state index contributed by atoms with van der Waals surface area (Å²) < 4.78 is 23.7. The summed E-state index contributed by atoms with van der Waals surface area (Å²) >= 11 is 0. The maximum Gasteiger partial charge on any atom is 0.329 e. The number of ether oxygens (including phenoxy) is 2. The minimum Gasteiger partial charge on any atom is -0.491 e. The number of halogens is 1. The van der Waals surface area contributed by atoms with Crippen molar-refractivity contribution in [2.24, 2.45) is 0 Å². The third-order valence-electron chi connectivity index (χ3n) is 2.81. The van der Waals surface area contributed by atoms with Gasteiger partial charge < -0.3 is 9.47 Å². The van der Waals surface area contributed by atoms with Crippen LogP contribution in [-0.2, 0) is 9.53 Å². The zero-order valence-corrected chi connectivity index (χ0v) is 12.2. The van der Waals surface area contributed by atoms with Crippen molar-refractivity contribution in [3.05, 3.63) is 30.1 Å². The first-order valence-corrected chi connectivity index (χ1v) is 6.82. The summed E-state index contributed by atoms with van der Waals surface area (Å²) in [6, 6.07) is 5.83. The normalized spacial score (nSPS) is 13.6. The molecule has 0 aliphatic rings. The first kappa shape index (κ1) is 16.4. The predicted octanol–water partition coefficient (Wildman–Crippen LogP) is 2.53. The average molecular weight is 283 g/mol. The van der Waals surface area contributed by atoms with Gasteiger partial charge in [0, 0.05) is 6.07 Å². The Labute approximate surface area is 119 Å². The lowest BCUT2D eigenvalue weighted by atomic mass is 10.0. The number of benzene rings is 1. The molecule has 0 aromatic heterocycles. The van der Waals surface area contributed by atoms with Gasteiger partial charge >= 0.3 is 5.97 Å². The van der Waals surface area contributed by atoms with Crippen molar-refractivity contribution in [1.29, 1.82) is 0 Å². The molecule has 1 aromatic carbocycles. The SMILES string of the molecule is CCCNC(C)(COc1cccc(F)c1)C(=O)OCC. The van der Waals surface area contributed by atoms with Crippen LogP contribution in [0, 0.1) is 5.82 Å². The fourth-order valence-electron chi connectivity index (χ4n) is 1.66. The molecule has 1 unspecified atom stereocenters. The number of hydrogen-bond acceptors (Lipinski definition) is 4. The lowest BCUT2D eigenvalue weighted by Gasteiger charge is -2.28. The quantitative estimate of drug-likeness (QED) is 0.745.